The molecule has 0 bridgehead atoms. The smallest absolute Gasteiger partial charge is 0.354 e. The van der Waals surface area contributed by atoms with Gasteiger partial charge in [0.2, 0.25) is 5.82 Å². The second-order valence-corrected chi connectivity index (χ2v) is 5.09. The van der Waals surface area contributed by atoms with Gasteiger partial charge >= 0.3 is 11.7 Å². The van der Waals surface area contributed by atoms with Crippen LogP contribution < -0.4 is 4.90 Å². The molecule has 1 aromatic rings. The Morgan fingerprint density at radius 1 is 1.57 bits per heavy atom. The summed E-state index contributed by atoms with van der Waals surface area (Å²) in [6, 6.07) is 2.33. The van der Waals surface area contributed by atoms with Gasteiger partial charge in [-0.15, -0.1) is 0 Å². The minimum atomic E-state index is -1.21. The summed E-state index contributed by atoms with van der Waals surface area (Å²) < 4.78 is 5.38. The van der Waals surface area contributed by atoms with Crippen LogP contribution in [0.25, 0.3) is 0 Å². The van der Waals surface area contributed by atoms with Crippen molar-refractivity contribution < 1.29 is 19.6 Å². The number of aromatic carboxylic acids is 1. The average Bonchev–Trinajstić information content (AvgIpc) is 2.47. The Hall–Kier alpha value is -2.22. The Kier molecular flexibility index (Phi) is 4.37. The van der Waals surface area contributed by atoms with Crippen LogP contribution in [0, 0.1) is 16.0 Å². The van der Waals surface area contributed by atoms with Gasteiger partial charge < -0.3 is 14.7 Å². The standard InChI is InChI=1S/C13H17N3O5/c1-8-5-6-15(7-11(8)21-2)12-10(16(19)20)4-3-9(14-12)13(17)18/h3-4,8,11H,5-7H2,1-2H3,(H,17,18). The molecule has 0 spiro atoms. The zero-order chi connectivity index (χ0) is 15.6. The van der Waals surface area contributed by atoms with Crippen molar-refractivity contribution in [2.24, 2.45) is 5.92 Å². The molecule has 114 valence electrons. The molecule has 2 heterocycles. The normalized spacial score (nSPS) is 22.1. The van der Waals surface area contributed by atoms with Gasteiger partial charge in [0.25, 0.3) is 0 Å². The number of carbonyl (C=O) groups is 1. The average molecular weight is 295 g/mol. The number of pyridine rings is 1. The van der Waals surface area contributed by atoms with Gasteiger partial charge in [-0.1, -0.05) is 6.92 Å². The van der Waals surface area contributed by atoms with Crippen molar-refractivity contribution in [3.05, 3.63) is 27.9 Å². The van der Waals surface area contributed by atoms with Crippen LogP contribution in [0.5, 0.6) is 0 Å². The molecule has 1 saturated heterocycles. The zero-order valence-electron chi connectivity index (χ0n) is 11.9. The van der Waals surface area contributed by atoms with Crippen LogP contribution in [0.15, 0.2) is 12.1 Å². The molecule has 1 fully saturated rings. The fourth-order valence-electron chi connectivity index (χ4n) is 2.47. The third-order valence-electron chi connectivity index (χ3n) is 3.76. The van der Waals surface area contributed by atoms with E-state index in [0.29, 0.717) is 19.0 Å². The maximum Gasteiger partial charge on any atom is 0.354 e. The fourth-order valence-corrected chi connectivity index (χ4v) is 2.47. The molecule has 2 unspecified atom stereocenters. The number of anilines is 1. The van der Waals surface area contributed by atoms with Crippen molar-refractivity contribution in [3.8, 4) is 0 Å². The number of aromatic nitrogens is 1. The Bertz CT molecular complexity index is 563. The lowest BCUT2D eigenvalue weighted by atomic mass is 9.96. The number of nitrogens with zero attached hydrogens (tertiary/aromatic N) is 3. The van der Waals surface area contributed by atoms with Crippen molar-refractivity contribution in [3.63, 3.8) is 0 Å². The molecule has 2 atom stereocenters. The first-order valence-corrected chi connectivity index (χ1v) is 6.60. The van der Waals surface area contributed by atoms with E-state index in [2.05, 4.69) is 11.9 Å². The Balaban J connectivity index is 2.38. The topological polar surface area (TPSA) is 106 Å². The molecule has 0 aromatic carbocycles. The van der Waals surface area contributed by atoms with Gasteiger partial charge in [-0.3, -0.25) is 10.1 Å². The van der Waals surface area contributed by atoms with E-state index in [1.807, 2.05) is 0 Å². The first-order valence-electron chi connectivity index (χ1n) is 6.60. The highest BCUT2D eigenvalue weighted by atomic mass is 16.6. The molecule has 8 heteroatoms. The summed E-state index contributed by atoms with van der Waals surface area (Å²) in [5.41, 5.74) is -0.396. The lowest BCUT2D eigenvalue weighted by molar-refractivity contribution is -0.384. The predicted octanol–water partition coefficient (Wildman–Crippen LogP) is 1.55. The summed E-state index contributed by atoms with van der Waals surface area (Å²) in [7, 11) is 1.60. The Morgan fingerprint density at radius 2 is 2.29 bits per heavy atom. The predicted molar refractivity (Wildman–Crippen MR) is 74.6 cm³/mol. The number of piperidine rings is 1. The summed E-state index contributed by atoms with van der Waals surface area (Å²) in [5, 5.41) is 20.1. The molecular weight excluding hydrogens is 278 g/mol. The van der Waals surface area contributed by atoms with Crippen LogP contribution in [-0.2, 0) is 4.74 Å². The molecule has 0 radical (unpaired) electrons. The van der Waals surface area contributed by atoms with E-state index in [0.717, 1.165) is 12.5 Å². The van der Waals surface area contributed by atoms with Crippen molar-refractivity contribution in [2.45, 2.75) is 19.4 Å². The fraction of sp³-hybridized carbons (Fsp3) is 0.538. The second kappa shape index (κ2) is 6.04. The zero-order valence-corrected chi connectivity index (χ0v) is 11.9. The van der Waals surface area contributed by atoms with Crippen molar-refractivity contribution in [2.75, 3.05) is 25.1 Å². The monoisotopic (exact) mass is 295 g/mol. The number of carboxylic acids is 1. The number of nitro groups is 1. The minimum Gasteiger partial charge on any atom is -0.477 e. The summed E-state index contributed by atoms with van der Waals surface area (Å²) in [6.45, 7) is 3.09. The molecule has 8 nitrogen and oxygen atoms in total. The molecule has 0 saturated carbocycles. The number of hydrogen-bond acceptors (Lipinski definition) is 6. The number of rotatable bonds is 4. The lowest BCUT2D eigenvalue weighted by Crippen LogP contribution is -2.44. The highest BCUT2D eigenvalue weighted by molar-refractivity contribution is 5.86. The quantitative estimate of drug-likeness (QED) is 0.663. The Morgan fingerprint density at radius 3 is 2.86 bits per heavy atom. The molecule has 0 amide bonds. The van der Waals surface area contributed by atoms with Gasteiger partial charge in [0, 0.05) is 26.3 Å². The number of hydrogen-bond donors (Lipinski definition) is 1. The van der Waals surface area contributed by atoms with E-state index in [9.17, 15) is 14.9 Å². The van der Waals surface area contributed by atoms with Crippen molar-refractivity contribution >= 4 is 17.5 Å². The molecular formula is C13H17N3O5. The third kappa shape index (κ3) is 3.10. The molecule has 1 aromatic heterocycles. The third-order valence-corrected chi connectivity index (χ3v) is 3.76. The van der Waals surface area contributed by atoms with Crippen LogP contribution in [0.1, 0.15) is 23.8 Å². The SMILES string of the molecule is COC1CN(c2nc(C(=O)O)ccc2[N+](=O)[O-])CCC1C. The summed E-state index contributed by atoms with van der Waals surface area (Å²) in [4.78, 5) is 27.2. The van der Waals surface area contributed by atoms with Crippen LogP contribution in [0.3, 0.4) is 0 Å². The number of ether oxygens (including phenoxy) is 1. The van der Waals surface area contributed by atoms with E-state index in [-0.39, 0.29) is 23.3 Å². The van der Waals surface area contributed by atoms with Crippen molar-refractivity contribution in [1.82, 2.24) is 4.98 Å². The first kappa shape index (κ1) is 15.2. The van der Waals surface area contributed by atoms with E-state index < -0.39 is 10.9 Å². The maximum atomic E-state index is 11.1. The van der Waals surface area contributed by atoms with E-state index in [4.69, 9.17) is 9.84 Å². The van der Waals surface area contributed by atoms with Gasteiger partial charge in [0.1, 0.15) is 0 Å². The van der Waals surface area contributed by atoms with Gasteiger partial charge in [0.15, 0.2) is 5.69 Å². The second-order valence-electron chi connectivity index (χ2n) is 5.09. The van der Waals surface area contributed by atoms with E-state index in [1.54, 1.807) is 12.0 Å². The van der Waals surface area contributed by atoms with Gasteiger partial charge in [-0.05, 0) is 18.4 Å². The minimum absolute atomic E-state index is 0.0614. The van der Waals surface area contributed by atoms with Crippen LogP contribution in [-0.4, -0.2) is 47.3 Å². The highest BCUT2D eigenvalue weighted by Crippen LogP contribution is 2.30. The summed E-state index contributed by atoms with van der Waals surface area (Å²) in [6.07, 6.45) is 0.739. The van der Waals surface area contributed by atoms with Gasteiger partial charge in [-0.25, -0.2) is 9.78 Å². The van der Waals surface area contributed by atoms with Gasteiger partial charge in [-0.2, -0.15) is 0 Å². The summed E-state index contributed by atoms with van der Waals surface area (Å²) in [5.74, 6) is -0.776. The van der Waals surface area contributed by atoms with Gasteiger partial charge in [0.05, 0.1) is 11.0 Å². The lowest BCUT2D eigenvalue weighted by Gasteiger charge is -2.36. The maximum absolute atomic E-state index is 11.1. The molecule has 2 rings (SSSR count). The van der Waals surface area contributed by atoms with Crippen molar-refractivity contribution in [1.29, 1.82) is 0 Å². The van der Waals surface area contributed by atoms with Crippen LogP contribution >= 0.6 is 0 Å². The molecule has 21 heavy (non-hydrogen) atoms. The van der Waals surface area contributed by atoms with Crippen LogP contribution in [0.4, 0.5) is 11.5 Å². The molecule has 0 aliphatic carbocycles. The Labute approximate surface area is 121 Å². The molecule has 1 aliphatic heterocycles. The highest BCUT2D eigenvalue weighted by Gasteiger charge is 2.31. The number of methoxy groups -OCH3 is 1. The van der Waals surface area contributed by atoms with Crippen LogP contribution in [0.2, 0.25) is 0 Å². The number of carboxylic acid groups (broad SMARTS) is 1. The van der Waals surface area contributed by atoms with E-state index in [1.165, 1.54) is 6.07 Å². The molecule has 1 N–H and O–H groups in total. The summed E-state index contributed by atoms with van der Waals surface area (Å²) >= 11 is 0. The van der Waals surface area contributed by atoms with E-state index >= 15 is 0 Å². The molecule has 1 aliphatic rings. The largest absolute Gasteiger partial charge is 0.477 e. The first-order chi connectivity index (χ1) is 9.93.